The quantitative estimate of drug-likeness (QED) is 0.773. The van der Waals surface area contributed by atoms with E-state index >= 15 is 0 Å². The Morgan fingerprint density at radius 3 is 2.56 bits per heavy atom. The van der Waals surface area contributed by atoms with Crippen LogP contribution in [-0.2, 0) is 7.05 Å². The standard InChI is InChI=1S/C11H8Cl2N2O/c1-15-6-8(5-14-15)11(16)7-2-3-9(12)10(13)4-7/h2-6H,1H3. The van der Waals surface area contributed by atoms with Crippen LogP contribution in [0.2, 0.25) is 10.0 Å². The molecular weight excluding hydrogens is 247 g/mol. The Morgan fingerprint density at radius 2 is 2.00 bits per heavy atom. The molecule has 0 amide bonds. The first-order valence-corrected chi connectivity index (χ1v) is 5.32. The summed E-state index contributed by atoms with van der Waals surface area (Å²) < 4.78 is 1.57. The minimum Gasteiger partial charge on any atom is -0.288 e. The lowest BCUT2D eigenvalue weighted by molar-refractivity contribution is 0.103. The largest absolute Gasteiger partial charge is 0.288 e. The highest BCUT2D eigenvalue weighted by atomic mass is 35.5. The first-order valence-electron chi connectivity index (χ1n) is 4.56. The maximum atomic E-state index is 12.0. The van der Waals surface area contributed by atoms with Gasteiger partial charge < -0.3 is 0 Å². The lowest BCUT2D eigenvalue weighted by Gasteiger charge is -2.00. The predicted molar refractivity (Wildman–Crippen MR) is 63.1 cm³/mol. The van der Waals surface area contributed by atoms with Crippen LogP contribution < -0.4 is 0 Å². The molecule has 0 saturated carbocycles. The van der Waals surface area contributed by atoms with Crippen LogP contribution >= 0.6 is 23.2 Å². The highest BCUT2D eigenvalue weighted by Gasteiger charge is 2.12. The van der Waals surface area contributed by atoms with Crippen LogP contribution in [0.5, 0.6) is 0 Å². The fourth-order valence-corrected chi connectivity index (χ4v) is 1.64. The van der Waals surface area contributed by atoms with Gasteiger partial charge in [-0.15, -0.1) is 0 Å². The van der Waals surface area contributed by atoms with Crippen molar-refractivity contribution in [1.29, 1.82) is 0 Å². The monoisotopic (exact) mass is 254 g/mol. The molecule has 2 rings (SSSR count). The summed E-state index contributed by atoms with van der Waals surface area (Å²) in [5.74, 6) is -0.119. The molecule has 1 aromatic carbocycles. The van der Waals surface area contributed by atoms with Crippen LogP contribution in [0.3, 0.4) is 0 Å². The summed E-state index contributed by atoms with van der Waals surface area (Å²) in [6, 6.07) is 4.80. The van der Waals surface area contributed by atoms with Crippen molar-refractivity contribution in [2.24, 2.45) is 7.05 Å². The third-order valence-corrected chi connectivity index (χ3v) is 2.89. The number of hydrogen-bond acceptors (Lipinski definition) is 2. The van der Waals surface area contributed by atoms with Crippen LogP contribution in [0.1, 0.15) is 15.9 Å². The molecule has 0 radical (unpaired) electrons. The summed E-state index contributed by atoms with van der Waals surface area (Å²) in [6.07, 6.45) is 3.18. The van der Waals surface area contributed by atoms with E-state index in [1.807, 2.05) is 0 Å². The fourth-order valence-electron chi connectivity index (χ4n) is 1.34. The molecule has 1 heterocycles. The van der Waals surface area contributed by atoms with Gasteiger partial charge in [-0.05, 0) is 18.2 Å². The zero-order chi connectivity index (χ0) is 11.7. The maximum Gasteiger partial charge on any atom is 0.196 e. The van der Waals surface area contributed by atoms with Crippen LogP contribution in [0, 0.1) is 0 Å². The Balaban J connectivity index is 2.38. The number of rotatable bonds is 2. The fraction of sp³-hybridized carbons (Fsp3) is 0.0909. The molecule has 1 aromatic heterocycles. The summed E-state index contributed by atoms with van der Waals surface area (Å²) in [5.41, 5.74) is 1.03. The first kappa shape index (κ1) is 11.2. The van der Waals surface area contributed by atoms with Crippen molar-refractivity contribution in [3.05, 3.63) is 51.8 Å². The van der Waals surface area contributed by atoms with Gasteiger partial charge in [0.2, 0.25) is 0 Å². The average Bonchev–Trinajstić information content (AvgIpc) is 2.68. The van der Waals surface area contributed by atoms with Gasteiger partial charge in [0.1, 0.15) is 0 Å². The van der Waals surface area contributed by atoms with E-state index in [1.165, 1.54) is 6.20 Å². The molecule has 0 unspecified atom stereocenters. The molecule has 0 N–H and O–H groups in total. The second kappa shape index (κ2) is 4.28. The van der Waals surface area contributed by atoms with Gasteiger partial charge >= 0.3 is 0 Å². The van der Waals surface area contributed by atoms with E-state index < -0.39 is 0 Å². The molecule has 0 atom stereocenters. The molecule has 0 fully saturated rings. The lowest BCUT2D eigenvalue weighted by Crippen LogP contribution is -1.99. The van der Waals surface area contributed by atoms with Gasteiger partial charge in [0, 0.05) is 18.8 Å². The summed E-state index contributed by atoms with van der Waals surface area (Å²) in [7, 11) is 1.76. The predicted octanol–water partition coefficient (Wildman–Crippen LogP) is 2.96. The normalized spacial score (nSPS) is 10.4. The Bertz CT molecular complexity index is 549. The van der Waals surface area contributed by atoms with E-state index in [0.29, 0.717) is 21.2 Å². The highest BCUT2D eigenvalue weighted by Crippen LogP contribution is 2.23. The topological polar surface area (TPSA) is 34.9 Å². The van der Waals surface area contributed by atoms with Gasteiger partial charge in [0.15, 0.2) is 5.78 Å². The smallest absolute Gasteiger partial charge is 0.196 e. The number of hydrogen-bond donors (Lipinski definition) is 0. The van der Waals surface area contributed by atoms with Crippen molar-refractivity contribution in [3.8, 4) is 0 Å². The maximum absolute atomic E-state index is 12.0. The highest BCUT2D eigenvalue weighted by molar-refractivity contribution is 6.42. The van der Waals surface area contributed by atoms with Crippen molar-refractivity contribution in [2.75, 3.05) is 0 Å². The molecule has 0 aliphatic rings. The molecule has 3 nitrogen and oxygen atoms in total. The van der Waals surface area contributed by atoms with E-state index in [-0.39, 0.29) is 5.78 Å². The van der Waals surface area contributed by atoms with Gasteiger partial charge in [-0.2, -0.15) is 5.10 Å². The number of aromatic nitrogens is 2. The van der Waals surface area contributed by atoms with E-state index in [1.54, 1.807) is 36.1 Å². The third kappa shape index (κ3) is 2.10. The van der Waals surface area contributed by atoms with Crippen LogP contribution in [-0.4, -0.2) is 15.6 Å². The van der Waals surface area contributed by atoms with Gasteiger partial charge in [-0.3, -0.25) is 9.48 Å². The Hall–Kier alpha value is -1.32. The molecular formula is C11H8Cl2N2O. The van der Waals surface area contributed by atoms with Crippen molar-refractivity contribution in [2.45, 2.75) is 0 Å². The number of halogens is 2. The minimum absolute atomic E-state index is 0.119. The van der Waals surface area contributed by atoms with E-state index in [9.17, 15) is 4.79 Å². The van der Waals surface area contributed by atoms with Gasteiger partial charge in [0.25, 0.3) is 0 Å². The first-order chi connectivity index (χ1) is 7.58. The molecule has 0 saturated heterocycles. The zero-order valence-electron chi connectivity index (χ0n) is 8.45. The van der Waals surface area contributed by atoms with Gasteiger partial charge in [-0.25, -0.2) is 0 Å². The number of ketones is 1. The van der Waals surface area contributed by atoms with Crippen molar-refractivity contribution in [1.82, 2.24) is 9.78 Å². The van der Waals surface area contributed by atoms with Crippen molar-refractivity contribution < 1.29 is 4.79 Å². The van der Waals surface area contributed by atoms with Gasteiger partial charge in [0.05, 0.1) is 21.8 Å². The van der Waals surface area contributed by atoms with Gasteiger partial charge in [-0.1, -0.05) is 23.2 Å². The Kier molecular flexibility index (Phi) is 2.99. The zero-order valence-corrected chi connectivity index (χ0v) is 9.96. The molecule has 2 aromatic rings. The lowest BCUT2D eigenvalue weighted by atomic mass is 10.1. The summed E-state index contributed by atoms with van der Waals surface area (Å²) in [5, 5.41) is 4.75. The second-order valence-corrected chi connectivity index (χ2v) is 4.18. The molecule has 0 aliphatic heterocycles. The molecule has 0 bridgehead atoms. The molecule has 5 heteroatoms. The SMILES string of the molecule is Cn1cc(C(=O)c2ccc(Cl)c(Cl)c2)cn1. The van der Waals surface area contributed by atoms with Crippen molar-refractivity contribution >= 4 is 29.0 Å². The second-order valence-electron chi connectivity index (χ2n) is 3.36. The third-order valence-electron chi connectivity index (χ3n) is 2.15. The number of aryl methyl sites for hydroxylation is 1. The van der Waals surface area contributed by atoms with Crippen LogP contribution in [0.15, 0.2) is 30.6 Å². The number of benzene rings is 1. The summed E-state index contributed by atoms with van der Waals surface area (Å²) >= 11 is 11.6. The molecule has 82 valence electrons. The molecule has 0 aliphatic carbocycles. The average molecular weight is 255 g/mol. The minimum atomic E-state index is -0.119. The van der Waals surface area contributed by atoms with E-state index in [2.05, 4.69) is 5.10 Å². The summed E-state index contributed by atoms with van der Waals surface area (Å²) in [4.78, 5) is 12.0. The molecule has 16 heavy (non-hydrogen) atoms. The summed E-state index contributed by atoms with van der Waals surface area (Å²) in [6.45, 7) is 0. The number of nitrogens with zero attached hydrogens (tertiary/aromatic N) is 2. The molecule has 0 spiro atoms. The number of carbonyl (C=O) groups is 1. The van der Waals surface area contributed by atoms with Crippen LogP contribution in [0.4, 0.5) is 0 Å². The van der Waals surface area contributed by atoms with E-state index in [0.717, 1.165) is 0 Å². The van der Waals surface area contributed by atoms with Crippen LogP contribution in [0.25, 0.3) is 0 Å². The van der Waals surface area contributed by atoms with E-state index in [4.69, 9.17) is 23.2 Å². The number of carbonyl (C=O) groups excluding carboxylic acids is 1. The van der Waals surface area contributed by atoms with Crippen molar-refractivity contribution in [3.63, 3.8) is 0 Å². The Labute approximate surface area is 103 Å². The Morgan fingerprint density at radius 1 is 1.25 bits per heavy atom.